The van der Waals surface area contributed by atoms with Crippen molar-refractivity contribution in [1.29, 1.82) is 0 Å². The van der Waals surface area contributed by atoms with E-state index in [4.69, 9.17) is 12.2 Å². The molecule has 3 rings (SSSR count). The summed E-state index contributed by atoms with van der Waals surface area (Å²) in [7, 11) is 0. The van der Waals surface area contributed by atoms with Gasteiger partial charge in [0.25, 0.3) is 0 Å². The first-order chi connectivity index (χ1) is 13.1. The molecule has 1 aliphatic heterocycles. The second kappa shape index (κ2) is 8.18. The second-order valence-corrected chi connectivity index (χ2v) is 9.62. The third kappa shape index (κ3) is 5.52. The van der Waals surface area contributed by atoms with Crippen molar-refractivity contribution in [3.8, 4) is 0 Å². The number of rotatable bonds is 4. The van der Waals surface area contributed by atoms with Crippen LogP contribution in [0.2, 0.25) is 0 Å². The van der Waals surface area contributed by atoms with Crippen molar-refractivity contribution in [3.05, 3.63) is 59.9 Å². The van der Waals surface area contributed by atoms with Crippen molar-refractivity contribution in [3.63, 3.8) is 0 Å². The Kier molecular flexibility index (Phi) is 6.06. The number of nitrogens with one attached hydrogen (secondary N) is 2. The normalized spacial score (nSPS) is 18.5. The summed E-state index contributed by atoms with van der Waals surface area (Å²) in [4.78, 5) is 6.51. The lowest BCUT2D eigenvalue weighted by Crippen LogP contribution is -2.63. The molecule has 2 N–H and O–H groups in total. The Labute approximate surface area is 174 Å². The summed E-state index contributed by atoms with van der Waals surface area (Å²) in [5.74, 6) is 0. The fourth-order valence-electron chi connectivity index (χ4n) is 4.37. The fourth-order valence-corrected chi connectivity index (χ4v) is 4.70. The quantitative estimate of drug-likeness (QED) is 0.720. The molecule has 150 valence electrons. The standard InChI is InChI=1S/C23H32N4S/c1-17-6-8-19(9-7-17)25-21(28)27(16-18-10-12-24-13-11-18)20-14-22(2,3)26-23(4,5)15-20/h6-13,20,26H,14-16H2,1-5H3,(H,25,28). The van der Waals surface area contributed by atoms with Crippen LogP contribution in [0.1, 0.15) is 51.7 Å². The molecule has 0 unspecified atom stereocenters. The predicted molar refractivity (Wildman–Crippen MR) is 121 cm³/mol. The topological polar surface area (TPSA) is 40.2 Å². The molecule has 0 spiro atoms. The number of benzene rings is 1. The molecule has 5 heteroatoms. The molecule has 0 aliphatic carbocycles. The van der Waals surface area contributed by atoms with Gasteiger partial charge in [-0.1, -0.05) is 17.7 Å². The molecule has 1 aliphatic rings. The summed E-state index contributed by atoms with van der Waals surface area (Å²) >= 11 is 5.90. The minimum absolute atomic E-state index is 0.0579. The highest BCUT2D eigenvalue weighted by molar-refractivity contribution is 7.80. The van der Waals surface area contributed by atoms with E-state index in [1.807, 2.05) is 12.4 Å². The van der Waals surface area contributed by atoms with E-state index in [1.54, 1.807) is 0 Å². The van der Waals surface area contributed by atoms with Crippen LogP contribution in [0.3, 0.4) is 0 Å². The van der Waals surface area contributed by atoms with Crippen molar-refractivity contribution in [2.24, 2.45) is 0 Å². The van der Waals surface area contributed by atoms with Gasteiger partial charge in [0.05, 0.1) is 0 Å². The van der Waals surface area contributed by atoms with E-state index >= 15 is 0 Å². The molecule has 2 aromatic rings. The SMILES string of the molecule is Cc1ccc(NC(=S)N(Cc2ccncc2)C2CC(C)(C)NC(C)(C)C2)cc1. The zero-order chi connectivity index (χ0) is 20.4. The van der Waals surface area contributed by atoms with E-state index in [1.165, 1.54) is 11.1 Å². The van der Waals surface area contributed by atoms with Gasteiger partial charge in [0.15, 0.2) is 5.11 Å². The van der Waals surface area contributed by atoms with Gasteiger partial charge in [-0.15, -0.1) is 0 Å². The van der Waals surface area contributed by atoms with Crippen molar-refractivity contribution >= 4 is 23.0 Å². The third-order valence-corrected chi connectivity index (χ3v) is 5.61. The molecule has 2 heterocycles. The Morgan fingerprint density at radius 1 is 1.07 bits per heavy atom. The summed E-state index contributed by atoms with van der Waals surface area (Å²) < 4.78 is 0. The number of nitrogens with zero attached hydrogens (tertiary/aromatic N) is 2. The summed E-state index contributed by atoms with van der Waals surface area (Å²) in [5, 5.41) is 8.01. The van der Waals surface area contributed by atoms with E-state index in [0.717, 1.165) is 30.2 Å². The fraction of sp³-hybridized carbons (Fsp3) is 0.478. The zero-order valence-corrected chi connectivity index (χ0v) is 18.4. The maximum absolute atomic E-state index is 5.90. The van der Waals surface area contributed by atoms with E-state index in [0.29, 0.717) is 6.04 Å². The molecular formula is C23H32N4S. The molecule has 1 aromatic heterocycles. The molecule has 1 aromatic carbocycles. The molecule has 4 nitrogen and oxygen atoms in total. The monoisotopic (exact) mass is 396 g/mol. The first-order valence-electron chi connectivity index (χ1n) is 9.96. The molecule has 0 atom stereocenters. The van der Waals surface area contributed by atoms with E-state index in [9.17, 15) is 0 Å². The lowest BCUT2D eigenvalue weighted by Gasteiger charge is -2.50. The average Bonchev–Trinajstić information content (AvgIpc) is 2.60. The van der Waals surface area contributed by atoms with Gasteiger partial charge in [-0.3, -0.25) is 4.98 Å². The number of anilines is 1. The summed E-state index contributed by atoms with van der Waals surface area (Å²) in [6, 6.07) is 12.9. The number of pyridine rings is 1. The highest BCUT2D eigenvalue weighted by atomic mass is 32.1. The molecule has 1 fully saturated rings. The second-order valence-electron chi connectivity index (χ2n) is 9.23. The van der Waals surface area contributed by atoms with Gasteiger partial charge >= 0.3 is 0 Å². The van der Waals surface area contributed by atoms with Crippen molar-refractivity contribution < 1.29 is 0 Å². The molecular weight excluding hydrogens is 364 g/mol. The highest BCUT2D eigenvalue weighted by Crippen LogP contribution is 2.32. The van der Waals surface area contributed by atoms with E-state index < -0.39 is 0 Å². The van der Waals surface area contributed by atoms with Gasteiger partial charge < -0.3 is 15.5 Å². The van der Waals surface area contributed by atoms with Crippen molar-refractivity contribution in [2.75, 3.05) is 5.32 Å². The number of aryl methyl sites for hydroxylation is 1. The van der Waals surface area contributed by atoms with Gasteiger partial charge in [-0.05, 0) is 89.5 Å². The minimum atomic E-state index is 0.0579. The minimum Gasteiger partial charge on any atom is -0.342 e. The van der Waals surface area contributed by atoms with Gasteiger partial charge in [-0.2, -0.15) is 0 Å². The highest BCUT2D eigenvalue weighted by Gasteiger charge is 2.40. The van der Waals surface area contributed by atoms with Crippen LogP contribution in [0.4, 0.5) is 5.69 Å². The van der Waals surface area contributed by atoms with E-state index in [-0.39, 0.29) is 11.1 Å². The van der Waals surface area contributed by atoms with Crippen LogP contribution in [0, 0.1) is 6.92 Å². The van der Waals surface area contributed by atoms with Crippen LogP contribution < -0.4 is 10.6 Å². The first kappa shape index (κ1) is 20.7. The Balaban J connectivity index is 1.85. The van der Waals surface area contributed by atoms with Gasteiger partial charge in [0.2, 0.25) is 0 Å². The lowest BCUT2D eigenvalue weighted by atomic mass is 9.79. The third-order valence-electron chi connectivity index (χ3n) is 5.28. The Hall–Kier alpha value is -1.98. The van der Waals surface area contributed by atoms with Crippen LogP contribution in [0.5, 0.6) is 0 Å². The molecule has 0 radical (unpaired) electrons. The van der Waals surface area contributed by atoms with Crippen LogP contribution in [-0.4, -0.2) is 32.1 Å². The molecule has 28 heavy (non-hydrogen) atoms. The smallest absolute Gasteiger partial charge is 0.173 e. The van der Waals surface area contributed by atoms with E-state index in [2.05, 4.69) is 91.5 Å². The molecule has 0 amide bonds. The average molecular weight is 397 g/mol. The summed E-state index contributed by atoms with van der Waals surface area (Å²) in [6.07, 6.45) is 5.77. The van der Waals surface area contributed by atoms with Crippen molar-refractivity contribution in [2.45, 2.75) is 71.1 Å². The Bertz CT molecular complexity index is 783. The van der Waals surface area contributed by atoms with Gasteiger partial charge in [-0.25, -0.2) is 0 Å². The maximum atomic E-state index is 5.90. The van der Waals surface area contributed by atoms with Crippen LogP contribution in [0.25, 0.3) is 0 Å². The number of thiocarbonyl (C=S) groups is 1. The number of piperidine rings is 1. The van der Waals surface area contributed by atoms with Crippen LogP contribution in [-0.2, 0) is 6.54 Å². The lowest BCUT2D eigenvalue weighted by molar-refractivity contribution is 0.101. The first-order valence-corrected chi connectivity index (χ1v) is 10.4. The Morgan fingerprint density at radius 2 is 1.64 bits per heavy atom. The van der Waals surface area contributed by atoms with Crippen LogP contribution >= 0.6 is 12.2 Å². The predicted octanol–water partition coefficient (Wildman–Crippen LogP) is 4.90. The van der Waals surface area contributed by atoms with Gasteiger partial charge in [0.1, 0.15) is 0 Å². The van der Waals surface area contributed by atoms with Crippen LogP contribution in [0.15, 0.2) is 48.8 Å². The number of aromatic nitrogens is 1. The molecule has 0 bridgehead atoms. The maximum Gasteiger partial charge on any atom is 0.173 e. The van der Waals surface area contributed by atoms with Crippen molar-refractivity contribution in [1.82, 2.24) is 15.2 Å². The number of hydrogen-bond acceptors (Lipinski definition) is 3. The summed E-state index contributed by atoms with van der Waals surface area (Å²) in [6.45, 7) is 12.0. The molecule has 0 saturated carbocycles. The number of hydrogen-bond donors (Lipinski definition) is 2. The molecule has 1 saturated heterocycles. The summed E-state index contributed by atoms with van der Waals surface area (Å²) in [5.41, 5.74) is 3.61. The Morgan fingerprint density at radius 3 is 2.21 bits per heavy atom. The zero-order valence-electron chi connectivity index (χ0n) is 17.6. The van der Waals surface area contributed by atoms with Gasteiger partial charge in [0, 0.05) is 41.7 Å². The largest absolute Gasteiger partial charge is 0.342 e.